The van der Waals surface area contributed by atoms with Gasteiger partial charge < -0.3 is 4.74 Å². The lowest BCUT2D eigenvalue weighted by Gasteiger charge is -2.07. The predicted molar refractivity (Wildman–Crippen MR) is 108 cm³/mol. The molecule has 0 heterocycles. The van der Waals surface area contributed by atoms with Crippen LogP contribution in [-0.4, -0.2) is 6.21 Å². The summed E-state index contributed by atoms with van der Waals surface area (Å²) in [5.74, 6) is 0.840. The largest absolute Gasteiger partial charge is 0.489 e. The number of hydrogen-bond acceptors (Lipinski definition) is 2. The molecule has 0 fully saturated rings. The van der Waals surface area contributed by atoms with Gasteiger partial charge in [0.15, 0.2) is 0 Å². The molecule has 126 valence electrons. The monoisotopic (exact) mass is 393 g/mol. The number of aliphatic imine (C=N–C) groups is 1. The molecule has 0 bridgehead atoms. The van der Waals surface area contributed by atoms with Crippen molar-refractivity contribution in [3.05, 3.63) is 93.5 Å². The molecule has 0 amide bonds. The molecule has 0 saturated heterocycles. The molecule has 3 rings (SSSR count). The van der Waals surface area contributed by atoms with Crippen LogP contribution >= 0.6 is 15.9 Å². The van der Waals surface area contributed by atoms with Gasteiger partial charge in [-0.1, -0.05) is 46.3 Å². The van der Waals surface area contributed by atoms with Crippen LogP contribution in [0.1, 0.15) is 22.3 Å². The zero-order valence-electron chi connectivity index (χ0n) is 14.4. The normalized spacial score (nSPS) is 11.0. The maximum Gasteiger partial charge on any atom is 0.120 e. The minimum absolute atomic E-state index is 0.547. The Morgan fingerprint density at radius 3 is 2.48 bits per heavy atom. The fourth-order valence-electron chi connectivity index (χ4n) is 2.39. The van der Waals surface area contributed by atoms with E-state index < -0.39 is 0 Å². The summed E-state index contributed by atoms with van der Waals surface area (Å²) in [4.78, 5) is 4.56. The SMILES string of the molecule is Cc1ccc(N=Cc2cccc(OCc3ccc(Br)cc3)c2)cc1C. The van der Waals surface area contributed by atoms with E-state index in [1.165, 1.54) is 11.1 Å². The van der Waals surface area contributed by atoms with Gasteiger partial charge in [0, 0.05) is 10.7 Å². The molecule has 0 unspecified atom stereocenters. The van der Waals surface area contributed by atoms with Crippen molar-refractivity contribution in [3.8, 4) is 5.75 Å². The van der Waals surface area contributed by atoms with Gasteiger partial charge >= 0.3 is 0 Å². The maximum absolute atomic E-state index is 5.88. The first-order valence-electron chi connectivity index (χ1n) is 8.19. The molecule has 3 aromatic carbocycles. The minimum atomic E-state index is 0.547. The van der Waals surface area contributed by atoms with E-state index in [9.17, 15) is 0 Å². The molecule has 0 N–H and O–H groups in total. The number of benzene rings is 3. The minimum Gasteiger partial charge on any atom is -0.489 e. The van der Waals surface area contributed by atoms with Crippen molar-refractivity contribution >= 4 is 27.8 Å². The van der Waals surface area contributed by atoms with Crippen molar-refractivity contribution in [3.63, 3.8) is 0 Å². The van der Waals surface area contributed by atoms with Gasteiger partial charge in [0.05, 0.1) is 5.69 Å². The van der Waals surface area contributed by atoms with Crippen LogP contribution in [0, 0.1) is 13.8 Å². The average molecular weight is 394 g/mol. The molecule has 0 spiro atoms. The van der Waals surface area contributed by atoms with Crippen molar-refractivity contribution in [1.82, 2.24) is 0 Å². The summed E-state index contributed by atoms with van der Waals surface area (Å²) in [6, 6.07) is 22.3. The van der Waals surface area contributed by atoms with Crippen molar-refractivity contribution in [2.45, 2.75) is 20.5 Å². The fourth-order valence-corrected chi connectivity index (χ4v) is 2.65. The summed E-state index contributed by atoms with van der Waals surface area (Å²) in [7, 11) is 0. The van der Waals surface area contributed by atoms with Gasteiger partial charge in [0.25, 0.3) is 0 Å². The standard InChI is InChI=1S/C22H20BrNO/c1-16-6-11-21(12-17(16)2)24-14-19-4-3-5-22(13-19)25-15-18-7-9-20(23)10-8-18/h3-14H,15H2,1-2H3. The average Bonchev–Trinajstić information content (AvgIpc) is 2.63. The Morgan fingerprint density at radius 1 is 0.920 bits per heavy atom. The second kappa shape index (κ2) is 8.13. The van der Waals surface area contributed by atoms with Gasteiger partial charge in [0.2, 0.25) is 0 Å². The van der Waals surface area contributed by atoms with Crippen molar-refractivity contribution < 1.29 is 4.74 Å². The van der Waals surface area contributed by atoms with Gasteiger partial charge in [-0.3, -0.25) is 4.99 Å². The van der Waals surface area contributed by atoms with Crippen LogP contribution < -0.4 is 4.74 Å². The molecule has 3 aromatic rings. The molecule has 3 heteroatoms. The Bertz CT molecular complexity index is 885. The molecular formula is C22H20BrNO. The lowest BCUT2D eigenvalue weighted by molar-refractivity contribution is 0.306. The van der Waals surface area contributed by atoms with E-state index in [-0.39, 0.29) is 0 Å². The van der Waals surface area contributed by atoms with Crippen LogP contribution in [0.5, 0.6) is 5.75 Å². The lowest BCUT2D eigenvalue weighted by atomic mass is 10.1. The van der Waals surface area contributed by atoms with Crippen molar-refractivity contribution in [2.24, 2.45) is 4.99 Å². The highest BCUT2D eigenvalue weighted by atomic mass is 79.9. The zero-order valence-corrected chi connectivity index (χ0v) is 16.0. The molecule has 25 heavy (non-hydrogen) atoms. The number of aryl methyl sites for hydroxylation is 2. The molecular weight excluding hydrogens is 374 g/mol. The highest BCUT2D eigenvalue weighted by Crippen LogP contribution is 2.19. The smallest absolute Gasteiger partial charge is 0.120 e. The number of halogens is 1. The van der Waals surface area contributed by atoms with Crippen LogP contribution in [0.4, 0.5) is 5.69 Å². The van der Waals surface area contributed by atoms with Crippen LogP contribution in [0.3, 0.4) is 0 Å². The molecule has 0 aliphatic carbocycles. The highest BCUT2D eigenvalue weighted by Gasteiger charge is 1.98. The van der Waals surface area contributed by atoms with E-state index in [2.05, 4.69) is 59.0 Å². The van der Waals surface area contributed by atoms with Crippen LogP contribution in [-0.2, 0) is 6.61 Å². The first kappa shape index (κ1) is 17.4. The van der Waals surface area contributed by atoms with Crippen LogP contribution in [0.15, 0.2) is 76.2 Å². The molecule has 0 aliphatic rings. The molecule has 0 aromatic heterocycles. The van der Waals surface area contributed by atoms with Gasteiger partial charge in [0.1, 0.15) is 12.4 Å². The third kappa shape index (κ3) is 5.04. The maximum atomic E-state index is 5.88. The summed E-state index contributed by atoms with van der Waals surface area (Å²) < 4.78 is 6.95. The van der Waals surface area contributed by atoms with Crippen LogP contribution in [0.25, 0.3) is 0 Å². The Morgan fingerprint density at radius 2 is 1.72 bits per heavy atom. The quantitative estimate of drug-likeness (QED) is 0.459. The van der Waals surface area contributed by atoms with Gasteiger partial charge in [-0.05, 0) is 72.5 Å². The van der Waals surface area contributed by atoms with E-state index in [1.54, 1.807) is 0 Å². The first-order valence-corrected chi connectivity index (χ1v) is 8.98. The molecule has 0 atom stereocenters. The van der Waals surface area contributed by atoms with Crippen molar-refractivity contribution in [1.29, 1.82) is 0 Å². The lowest BCUT2D eigenvalue weighted by Crippen LogP contribution is -1.95. The number of hydrogen-bond donors (Lipinski definition) is 0. The molecule has 2 nitrogen and oxygen atoms in total. The van der Waals surface area contributed by atoms with Crippen molar-refractivity contribution in [2.75, 3.05) is 0 Å². The second-order valence-corrected chi connectivity index (χ2v) is 6.93. The van der Waals surface area contributed by atoms with Crippen LogP contribution in [0.2, 0.25) is 0 Å². The predicted octanol–water partition coefficient (Wildman–Crippen LogP) is 6.40. The number of rotatable bonds is 5. The number of nitrogens with zero attached hydrogens (tertiary/aromatic N) is 1. The van der Waals surface area contributed by atoms with Gasteiger partial charge in [-0.2, -0.15) is 0 Å². The summed E-state index contributed by atoms with van der Waals surface area (Å²) in [6.45, 7) is 4.76. The summed E-state index contributed by atoms with van der Waals surface area (Å²) in [5.41, 5.74) is 5.65. The highest BCUT2D eigenvalue weighted by molar-refractivity contribution is 9.10. The van der Waals surface area contributed by atoms with Gasteiger partial charge in [-0.15, -0.1) is 0 Å². The fraction of sp³-hybridized carbons (Fsp3) is 0.136. The topological polar surface area (TPSA) is 21.6 Å². The van der Waals surface area contributed by atoms with E-state index in [0.717, 1.165) is 27.0 Å². The molecule has 0 saturated carbocycles. The van der Waals surface area contributed by atoms with Gasteiger partial charge in [-0.25, -0.2) is 0 Å². The molecule has 0 aliphatic heterocycles. The Labute approximate surface area is 157 Å². The summed E-state index contributed by atoms with van der Waals surface area (Å²) in [5, 5.41) is 0. The second-order valence-electron chi connectivity index (χ2n) is 6.01. The third-order valence-corrected chi connectivity index (χ3v) is 4.56. The van der Waals surface area contributed by atoms with E-state index in [1.807, 2.05) is 48.7 Å². The van der Waals surface area contributed by atoms with E-state index in [0.29, 0.717) is 6.61 Å². The first-order chi connectivity index (χ1) is 12.1. The number of ether oxygens (including phenoxy) is 1. The van der Waals surface area contributed by atoms with E-state index >= 15 is 0 Å². The Kier molecular flexibility index (Phi) is 5.67. The molecule has 0 radical (unpaired) electrons. The Hall–Kier alpha value is -2.39. The third-order valence-electron chi connectivity index (χ3n) is 4.03. The Balaban J connectivity index is 1.67. The summed E-state index contributed by atoms with van der Waals surface area (Å²) >= 11 is 3.44. The zero-order chi connectivity index (χ0) is 17.6. The van der Waals surface area contributed by atoms with E-state index in [4.69, 9.17) is 4.74 Å². The summed E-state index contributed by atoms with van der Waals surface area (Å²) in [6.07, 6.45) is 1.87.